The van der Waals surface area contributed by atoms with E-state index in [1.807, 2.05) is 36.4 Å². The molecule has 0 saturated carbocycles. The van der Waals surface area contributed by atoms with Gasteiger partial charge in [-0.15, -0.1) is 0 Å². The van der Waals surface area contributed by atoms with E-state index in [1.54, 1.807) is 0 Å². The third kappa shape index (κ3) is 2.70. The second-order valence-corrected chi connectivity index (χ2v) is 4.50. The van der Waals surface area contributed by atoms with Crippen LogP contribution in [-0.2, 0) is 4.79 Å². The average molecular weight is 242 g/mol. The number of carbonyl (C=O) groups is 1. The molecule has 94 valence electrons. The lowest BCUT2D eigenvalue weighted by Crippen LogP contribution is -2.07. The predicted molar refractivity (Wildman–Crippen MR) is 73.8 cm³/mol. The Morgan fingerprint density at radius 2 is 1.83 bits per heavy atom. The largest absolute Gasteiger partial charge is 0.426 e. The van der Waals surface area contributed by atoms with E-state index >= 15 is 0 Å². The molecule has 2 heteroatoms. The van der Waals surface area contributed by atoms with Crippen molar-refractivity contribution in [1.82, 2.24) is 0 Å². The fourth-order valence-electron chi connectivity index (χ4n) is 2.01. The van der Waals surface area contributed by atoms with Gasteiger partial charge in [0.05, 0.1) is 0 Å². The second kappa shape index (κ2) is 5.67. The van der Waals surface area contributed by atoms with Crippen LogP contribution in [0.2, 0.25) is 0 Å². The first kappa shape index (κ1) is 12.6. The molecule has 0 aliphatic carbocycles. The first-order chi connectivity index (χ1) is 8.72. The number of aryl methyl sites for hydroxylation is 1. The van der Waals surface area contributed by atoms with Gasteiger partial charge in [-0.25, -0.2) is 0 Å². The molecule has 0 amide bonds. The molecule has 0 aliphatic rings. The van der Waals surface area contributed by atoms with Crippen LogP contribution < -0.4 is 4.74 Å². The lowest BCUT2D eigenvalue weighted by atomic mass is 10.0. The first-order valence-electron chi connectivity index (χ1n) is 6.41. The highest BCUT2D eigenvalue weighted by molar-refractivity contribution is 5.92. The van der Waals surface area contributed by atoms with Gasteiger partial charge < -0.3 is 4.74 Å². The van der Waals surface area contributed by atoms with Gasteiger partial charge in [0.15, 0.2) is 0 Å². The zero-order valence-electron chi connectivity index (χ0n) is 10.9. The average Bonchev–Trinajstić information content (AvgIpc) is 2.40. The summed E-state index contributed by atoms with van der Waals surface area (Å²) in [6, 6.07) is 11.9. The van der Waals surface area contributed by atoms with Crippen LogP contribution in [0.15, 0.2) is 36.4 Å². The van der Waals surface area contributed by atoms with Crippen LogP contribution in [0.1, 0.15) is 31.7 Å². The van der Waals surface area contributed by atoms with Gasteiger partial charge in [-0.3, -0.25) is 4.79 Å². The van der Waals surface area contributed by atoms with Crippen molar-refractivity contribution in [3.8, 4) is 5.75 Å². The van der Waals surface area contributed by atoms with Crippen LogP contribution in [0.3, 0.4) is 0 Å². The van der Waals surface area contributed by atoms with Crippen LogP contribution in [0.4, 0.5) is 0 Å². The van der Waals surface area contributed by atoms with Gasteiger partial charge in [0.1, 0.15) is 5.75 Å². The molecule has 0 N–H and O–H groups in total. The SMILES string of the molecule is CCCCC(=O)Oc1ccc(C)c2ccccc12. The highest BCUT2D eigenvalue weighted by atomic mass is 16.5. The van der Waals surface area contributed by atoms with Crippen molar-refractivity contribution < 1.29 is 9.53 Å². The van der Waals surface area contributed by atoms with E-state index in [-0.39, 0.29) is 5.97 Å². The highest BCUT2D eigenvalue weighted by Gasteiger charge is 2.08. The van der Waals surface area contributed by atoms with E-state index in [4.69, 9.17) is 4.74 Å². The maximum Gasteiger partial charge on any atom is 0.311 e. The van der Waals surface area contributed by atoms with Gasteiger partial charge in [-0.05, 0) is 30.4 Å². The third-order valence-corrected chi connectivity index (χ3v) is 3.06. The molecule has 0 spiro atoms. The quantitative estimate of drug-likeness (QED) is 0.592. The molecular weight excluding hydrogens is 224 g/mol. The number of benzene rings is 2. The summed E-state index contributed by atoms with van der Waals surface area (Å²) < 4.78 is 5.45. The Balaban J connectivity index is 2.29. The Morgan fingerprint density at radius 3 is 2.56 bits per heavy atom. The molecule has 0 radical (unpaired) electrons. The van der Waals surface area contributed by atoms with Crippen LogP contribution in [0.25, 0.3) is 10.8 Å². The number of ether oxygens (including phenoxy) is 1. The maximum atomic E-state index is 11.7. The van der Waals surface area contributed by atoms with E-state index in [0.717, 1.165) is 23.6 Å². The van der Waals surface area contributed by atoms with Crippen molar-refractivity contribution >= 4 is 16.7 Å². The maximum absolute atomic E-state index is 11.7. The summed E-state index contributed by atoms with van der Waals surface area (Å²) in [6.07, 6.45) is 2.37. The molecule has 0 aromatic heterocycles. The summed E-state index contributed by atoms with van der Waals surface area (Å²) in [5, 5.41) is 2.14. The summed E-state index contributed by atoms with van der Waals surface area (Å²) in [5.41, 5.74) is 1.19. The minimum absolute atomic E-state index is 0.147. The minimum Gasteiger partial charge on any atom is -0.426 e. The van der Waals surface area contributed by atoms with Crippen molar-refractivity contribution in [2.75, 3.05) is 0 Å². The molecule has 0 unspecified atom stereocenters. The molecule has 0 heterocycles. The Hall–Kier alpha value is -1.83. The van der Waals surface area contributed by atoms with E-state index < -0.39 is 0 Å². The highest BCUT2D eigenvalue weighted by Crippen LogP contribution is 2.28. The zero-order valence-corrected chi connectivity index (χ0v) is 10.9. The summed E-state index contributed by atoms with van der Waals surface area (Å²) in [7, 11) is 0. The molecule has 0 atom stereocenters. The molecule has 2 aromatic carbocycles. The fourth-order valence-corrected chi connectivity index (χ4v) is 2.01. The third-order valence-electron chi connectivity index (χ3n) is 3.06. The van der Waals surface area contributed by atoms with Crippen LogP contribution in [0, 0.1) is 6.92 Å². The number of rotatable bonds is 4. The molecular formula is C16H18O2. The smallest absolute Gasteiger partial charge is 0.311 e. The van der Waals surface area contributed by atoms with Gasteiger partial charge in [0.2, 0.25) is 0 Å². The van der Waals surface area contributed by atoms with Gasteiger partial charge >= 0.3 is 5.97 Å². The number of hydrogen-bond acceptors (Lipinski definition) is 2. The first-order valence-corrected chi connectivity index (χ1v) is 6.41. The zero-order chi connectivity index (χ0) is 13.0. The Bertz CT molecular complexity index is 558. The van der Waals surface area contributed by atoms with E-state index in [1.165, 1.54) is 5.56 Å². The molecule has 0 saturated heterocycles. The molecule has 18 heavy (non-hydrogen) atoms. The topological polar surface area (TPSA) is 26.3 Å². The molecule has 2 rings (SSSR count). The lowest BCUT2D eigenvalue weighted by molar-refractivity contribution is -0.134. The number of fused-ring (bicyclic) bond motifs is 1. The molecule has 0 bridgehead atoms. The molecule has 0 fully saturated rings. The van der Waals surface area contributed by atoms with Crippen LogP contribution in [-0.4, -0.2) is 5.97 Å². The summed E-state index contributed by atoms with van der Waals surface area (Å²) >= 11 is 0. The van der Waals surface area contributed by atoms with E-state index in [0.29, 0.717) is 12.2 Å². The number of hydrogen-bond donors (Lipinski definition) is 0. The summed E-state index contributed by atoms with van der Waals surface area (Å²) in [5.74, 6) is 0.517. The van der Waals surface area contributed by atoms with Gasteiger partial charge in [0.25, 0.3) is 0 Å². The summed E-state index contributed by atoms with van der Waals surface area (Å²) in [6.45, 7) is 4.12. The Kier molecular flexibility index (Phi) is 3.98. The standard InChI is InChI=1S/C16H18O2/c1-3-4-9-16(17)18-15-11-10-12(2)13-7-5-6-8-14(13)15/h5-8,10-11H,3-4,9H2,1-2H3. The van der Waals surface area contributed by atoms with Crippen molar-refractivity contribution in [1.29, 1.82) is 0 Å². The normalized spacial score (nSPS) is 10.6. The van der Waals surface area contributed by atoms with Crippen molar-refractivity contribution in [3.63, 3.8) is 0 Å². The second-order valence-electron chi connectivity index (χ2n) is 4.50. The number of esters is 1. The number of unbranched alkanes of at least 4 members (excludes halogenated alkanes) is 1. The predicted octanol–water partition coefficient (Wildman–Crippen LogP) is 4.24. The van der Waals surface area contributed by atoms with Gasteiger partial charge in [-0.2, -0.15) is 0 Å². The van der Waals surface area contributed by atoms with E-state index in [2.05, 4.69) is 13.8 Å². The monoisotopic (exact) mass is 242 g/mol. The Labute approximate surface area is 108 Å². The van der Waals surface area contributed by atoms with Gasteiger partial charge in [0, 0.05) is 11.8 Å². The van der Waals surface area contributed by atoms with E-state index in [9.17, 15) is 4.79 Å². The van der Waals surface area contributed by atoms with Crippen molar-refractivity contribution in [3.05, 3.63) is 42.0 Å². The van der Waals surface area contributed by atoms with Crippen molar-refractivity contribution in [2.24, 2.45) is 0 Å². The molecule has 2 aromatic rings. The molecule has 0 aliphatic heterocycles. The fraction of sp³-hybridized carbons (Fsp3) is 0.312. The minimum atomic E-state index is -0.147. The molecule has 2 nitrogen and oxygen atoms in total. The lowest BCUT2D eigenvalue weighted by Gasteiger charge is -2.09. The van der Waals surface area contributed by atoms with Crippen LogP contribution in [0.5, 0.6) is 5.75 Å². The summed E-state index contributed by atoms with van der Waals surface area (Å²) in [4.78, 5) is 11.7. The van der Waals surface area contributed by atoms with Crippen LogP contribution >= 0.6 is 0 Å². The van der Waals surface area contributed by atoms with Crippen molar-refractivity contribution in [2.45, 2.75) is 33.1 Å². The number of carbonyl (C=O) groups excluding carboxylic acids is 1. The Morgan fingerprint density at radius 1 is 1.11 bits per heavy atom. The van der Waals surface area contributed by atoms with Gasteiger partial charge in [-0.1, -0.05) is 43.7 Å².